The quantitative estimate of drug-likeness (QED) is 0.450. The smallest absolute Gasteiger partial charge is 0.163 e. The number of anilines is 2. The van der Waals surface area contributed by atoms with Crippen molar-refractivity contribution in [2.45, 2.75) is 6.42 Å². The van der Waals surface area contributed by atoms with Crippen LogP contribution >= 0.6 is 0 Å². The van der Waals surface area contributed by atoms with Crippen molar-refractivity contribution in [2.75, 3.05) is 62.4 Å². The van der Waals surface area contributed by atoms with E-state index in [4.69, 9.17) is 9.47 Å². The Morgan fingerprint density at radius 2 is 1.18 bits per heavy atom. The number of allylic oxidation sites excluding steroid dienone is 2. The van der Waals surface area contributed by atoms with Gasteiger partial charge in [0.2, 0.25) is 0 Å². The molecule has 2 fully saturated rings. The lowest BCUT2D eigenvalue weighted by molar-refractivity contribution is -0.121. The van der Waals surface area contributed by atoms with Gasteiger partial charge in [0, 0.05) is 49.7 Å². The van der Waals surface area contributed by atoms with Crippen molar-refractivity contribution in [1.29, 1.82) is 0 Å². The first-order valence-electron chi connectivity index (χ1n) is 11.2. The van der Waals surface area contributed by atoms with Crippen LogP contribution in [0, 0.1) is 0 Å². The summed E-state index contributed by atoms with van der Waals surface area (Å²) in [4.78, 5) is 38.0. The standard InChI is InChI=1S/C25H28N4O4/c30-22(7-5-20-3-1-9-26-24(20)28-11-15-32-16-12-28)19-23(31)8-6-21-4-2-10-27-25(21)29-13-17-33-18-14-29/h1-10H,11-19H2/b7-5+,8-6+. The molecule has 4 heterocycles. The monoisotopic (exact) mass is 448 g/mol. The molecular weight excluding hydrogens is 420 g/mol. The first-order chi connectivity index (χ1) is 16.2. The molecule has 0 N–H and O–H groups in total. The van der Waals surface area contributed by atoms with Gasteiger partial charge >= 0.3 is 0 Å². The van der Waals surface area contributed by atoms with Gasteiger partial charge in [0.15, 0.2) is 11.6 Å². The summed E-state index contributed by atoms with van der Waals surface area (Å²) in [5.41, 5.74) is 1.70. The summed E-state index contributed by atoms with van der Waals surface area (Å²) in [6.45, 7) is 5.66. The molecule has 2 aliphatic rings. The summed E-state index contributed by atoms with van der Waals surface area (Å²) < 4.78 is 10.8. The van der Waals surface area contributed by atoms with Gasteiger partial charge in [0.25, 0.3) is 0 Å². The zero-order chi connectivity index (χ0) is 22.9. The first kappa shape index (κ1) is 22.8. The number of hydrogen-bond donors (Lipinski definition) is 0. The van der Waals surface area contributed by atoms with Crippen molar-refractivity contribution in [3.05, 3.63) is 59.9 Å². The Kier molecular flexibility index (Phi) is 7.94. The van der Waals surface area contributed by atoms with Crippen molar-refractivity contribution in [2.24, 2.45) is 0 Å². The maximum absolute atomic E-state index is 12.4. The third-order valence-corrected chi connectivity index (χ3v) is 5.50. The molecule has 0 bridgehead atoms. The fourth-order valence-electron chi connectivity index (χ4n) is 3.81. The number of nitrogens with zero attached hydrogens (tertiary/aromatic N) is 4. The van der Waals surface area contributed by atoms with Gasteiger partial charge in [-0.3, -0.25) is 9.59 Å². The molecule has 0 aromatic carbocycles. The van der Waals surface area contributed by atoms with Crippen LogP contribution in [0.25, 0.3) is 12.2 Å². The Labute approximate surface area is 193 Å². The maximum Gasteiger partial charge on any atom is 0.163 e. The molecule has 8 heteroatoms. The minimum Gasteiger partial charge on any atom is -0.378 e. The minimum absolute atomic E-state index is 0.187. The summed E-state index contributed by atoms with van der Waals surface area (Å²) in [6.07, 6.45) is 9.66. The van der Waals surface area contributed by atoms with Crippen LogP contribution in [0.3, 0.4) is 0 Å². The van der Waals surface area contributed by atoms with E-state index in [0.717, 1.165) is 48.9 Å². The van der Waals surface area contributed by atoms with Gasteiger partial charge in [0.1, 0.15) is 11.6 Å². The zero-order valence-electron chi connectivity index (χ0n) is 18.6. The van der Waals surface area contributed by atoms with Gasteiger partial charge in [-0.05, 0) is 48.6 Å². The minimum atomic E-state index is -0.249. The third kappa shape index (κ3) is 6.34. The van der Waals surface area contributed by atoms with Gasteiger partial charge in [-0.25, -0.2) is 9.97 Å². The van der Waals surface area contributed by atoms with E-state index in [1.807, 2.05) is 24.3 Å². The second-order valence-corrected chi connectivity index (χ2v) is 7.81. The molecule has 2 aromatic heterocycles. The fourth-order valence-corrected chi connectivity index (χ4v) is 3.81. The number of ether oxygens (including phenoxy) is 2. The third-order valence-electron chi connectivity index (χ3n) is 5.50. The van der Waals surface area contributed by atoms with E-state index in [2.05, 4.69) is 19.8 Å². The molecule has 0 radical (unpaired) electrons. The summed E-state index contributed by atoms with van der Waals surface area (Å²) in [7, 11) is 0. The predicted octanol–water partition coefficient (Wildman–Crippen LogP) is 2.40. The molecule has 0 spiro atoms. The molecule has 0 saturated carbocycles. The van der Waals surface area contributed by atoms with Crippen LogP contribution in [0.1, 0.15) is 17.5 Å². The summed E-state index contributed by atoms with van der Waals surface area (Å²) >= 11 is 0. The van der Waals surface area contributed by atoms with E-state index in [1.54, 1.807) is 24.5 Å². The summed E-state index contributed by atoms with van der Waals surface area (Å²) in [5.74, 6) is 1.15. The van der Waals surface area contributed by atoms with Crippen molar-refractivity contribution in [3.63, 3.8) is 0 Å². The van der Waals surface area contributed by atoms with E-state index < -0.39 is 0 Å². The highest BCUT2D eigenvalue weighted by molar-refractivity contribution is 6.11. The lowest BCUT2D eigenvalue weighted by atomic mass is 10.1. The van der Waals surface area contributed by atoms with Crippen LogP contribution < -0.4 is 9.80 Å². The van der Waals surface area contributed by atoms with E-state index in [1.165, 1.54) is 12.2 Å². The van der Waals surface area contributed by atoms with E-state index >= 15 is 0 Å². The van der Waals surface area contributed by atoms with E-state index in [9.17, 15) is 9.59 Å². The van der Waals surface area contributed by atoms with Crippen molar-refractivity contribution >= 4 is 35.4 Å². The Morgan fingerprint density at radius 3 is 1.61 bits per heavy atom. The molecule has 4 rings (SSSR count). The molecule has 2 saturated heterocycles. The van der Waals surface area contributed by atoms with Crippen LogP contribution in [0.5, 0.6) is 0 Å². The normalized spacial score (nSPS) is 17.1. The first-order valence-corrected chi connectivity index (χ1v) is 11.2. The van der Waals surface area contributed by atoms with Crippen molar-refractivity contribution < 1.29 is 19.1 Å². The molecule has 33 heavy (non-hydrogen) atoms. The van der Waals surface area contributed by atoms with E-state index in [0.29, 0.717) is 26.4 Å². The number of carbonyl (C=O) groups is 2. The average Bonchev–Trinajstić information content (AvgIpc) is 2.87. The highest BCUT2D eigenvalue weighted by atomic mass is 16.5. The number of morpholine rings is 2. The van der Waals surface area contributed by atoms with Crippen LogP contribution in [0.15, 0.2) is 48.8 Å². The van der Waals surface area contributed by atoms with Crippen molar-refractivity contribution in [3.8, 4) is 0 Å². The SMILES string of the molecule is O=C(/C=C/c1cccnc1N1CCOCC1)CC(=O)/C=C/c1cccnc1N1CCOCC1. The number of carbonyl (C=O) groups excluding carboxylic acids is 2. The highest BCUT2D eigenvalue weighted by Gasteiger charge is 2.16. The molecule has 0 atom stereocenters. The molecule has 0 aliphatic carbocycles. The molecule has 8 nitrogen and oxygen atoms in total. The number of aromatic nitrogens is 2. The number of rotatable bonds is 8. The maximum atomic E-state index is 12.4. The number of hydrogen-bond acceptors (Lipinski definition) is 8. The van der Waals surface area contributed by atoms with Gasteiger partial charge in [0.05, 0.1) is 32.8 Å². The molecule has 2 aromatic rings. The lowest BCUT2D eigenvalue weighted by Gasteiger charge is -2.28. The Morgan fingerprint density at radius 1 is 0.758 bits per heavy atom. The van der Waals surface area contributed by atoms with E-state index in [-0.39, 0.29) is 18.0 Å². The zero-order valence-corrected chi connectivity index (χ0v) is 18.6. The molecule has 172 valence electrons. The predicted molar refractivity (Wildman–Crippen MR) is 127 cm³/mol. The van der Waals surface area contributed by atoms with Gasteiger partial charge in [-0.15, -0.1) is 0 Å². The molecule has 0 amide bonds. The second kappa shape index (κ2) is 11.5. The molecule has 0 unspecified atom stereocenters. The van der Waals surface area contributed by atoms with Gasteiger partial charge in [-0.2, -0.15) is 0 Å². The van der Waals surface area contributed by atoms with Gasteiger partial charge < -0.3 is 19.3 Å². The molecular formula is C25H28N4O4. The highest BCUT2D eigenvalue weighted by Crippen LogP contribution is 2.21. The second-order valence-electron chi connectivity index (χ2n) is 7.81. The Bertz CT molecular complexity index is 943. The molecule has 2 aliphatic heterocycles. The van der Waals surface area contributed by atoms with Gasteiger partial charge in [-0.1, -0.05) is 0 Å². The van der Waals surface area contributed by atoms with Crippen LogP contribution in [0.2, 0.25) is 0 Å². The topological polar surface area (TPSA) is 84.9 Å². The van der Waals surface area contributed by atoms with Crippen LogP contribution in [0.4, 0.5) is 11.6 Å². The van der Waals surface area contributed by atoms with Crippen LogP contribution in [-0.4, -0.2) is 74.1 Å². The Hall–Kier alpha value is -3.36. The number of ketones is 2. The largest absolute Gasteiger partial charge is 0.378 e. The average molecular weight is 449 g/mol. The summed E-state index contributed by atoms with van der Waals surface area (Å²) in [6, 6.07) is 7.50. The van der Waals surface area contributed by atoms with Crippen LogP contribution in [-0.2, 0) is 19.1 Å². The lowest BCUT2D eigenvalue weighted by Crippen LogP contribution is -2.37. The number of pyridine rings is 2. The summed E-state index contributed by atoms with van der Waals surface area (Å²) in [5, 5.41) is 0. The fraction of sp³-hybridized carbons (Fsp3) is 0.360. The Balaban J connectivity index is 1.37. The van der Waals surface area contributed by atoms with Crippen molar-refractivity contribution in [1.82, 2.24) is 9.97 Å².